The monoisotopic (exact) mass is 375 g/mol. The third-order valence-corrected chi connectivity index (χ3v) is 5.32. The highest BCUT2D eigenvalue weighted by Crippen LogP contribution is 2.28. The molecule has 1 amide bonds. The Morgan fingerprint density at radius 1 is 1.42 bits per heavy atom. The third-order valence-electron chi connectivity index (χ3n) is 4.56. The summed E-state index contributed by atoms with van der Waals surface area (Å²) < 4.78 is 5.75. The van der Waals surface area contributed by atoms with Gasteiger partial charge in [0.15, 0.2) is 5.13 Å². The predicted octanol–water partition coefficient (Wildman–Crippen LogP) is 4.25. The average Bonchev–Trinajstić information content (AvgIpc) is 3.09. The fraction of sp³-hybridized carbons (Fsp3) is 0.444. The van der Waals surface area contributed by atoms with Crippen LogP contribution in [0.5, 0.6) is 0 Å². The van der Waals surface area contributed by atoms with Crippen molar-refractivity contribution in [2.75, 3.05) is 11.9 Å². The average molecular weight is 375 g/mol. The first kappa shape index (κ1) is 18.5. The molecule has 7 nitrogen and oxygen atoms in total. The standard InChI is InChI=1S/C18H21N3O4S/c1-12-5-2-3-8-16(12)25-10-17(22)20-18-19-15(11-26-18)13-6-4-7-14(9-13)21(23)24/h4,6-7,9,11-12,16H,2-3,5,8,10H2,1H3,(H,19,20,22). The zero-order chi connectivity index (χ0) is 18.5. The second kappa shape index (κ2) is 8.37. The molecule has 0 aliphatic heterocycles. The highest BCUT2D eigenvalue weighted by Gasteiger charge is 2.22. The zero-order valence-corrected chi connectivity index (χ0v) is 15.3. The van der Waals surface area contributed by atoms with Gasteiger partial charge < -0.3 is 4.74 Å². The van der Waals surface area contributed by atoms with E-state index < -0.39 is 4.92 Å². The lowest BCUT2D eigenvalue weighted by Crippen LogP contribution is -2.29. The maximum Gasteiger partial charge on any atom is 0.270 e. The number of anilines is 1. The molecule has 138 valence electrons. The highest BCUT2D eigenvalue weighted by molar-refractivity contribution is 7.14. The first-order chi connectivity index (χ1) is 12.5. The number of hydrogen-bond acceptors (Lipinski definition) is 6. The molecular weight excluding hydrogens is 354 g/mol. The van der Waals surface area contributed by atoms with Crippen LogP contribution < -0.4 is 5.32 Å². The number of nitrogens with one attached hydrogen (secondary N) is 1. The molecule has 0 spiro atoms. The van der Waals surface area contributed by atoms with Crippen LogP contribution in [0.3, 0.4) is 0 Å². The van der Waals surface area contributed by atoms with Crippen LogP contribution in [0.4, 0.5) is 10.8 Å². The predicted molar refractivity (Wildman–Crippen MR) is 100 cm³/mol. The summed E-state index contributed by atoms with van der Waals surface area (Å²) in [7, 11) is 0. The number of amides is 1. The van der Waals surface area contributed by atoms with Gasteiger partial charge in [-0.05, 0) is 18.8 Å². The Labute approximate surface area is 155 Å². The van der Waals surface area contributed by atoms with Gasteiger partial charge in [0.2, 0.25) is 0 Å². The number of nitrogens with zero attached hydrogens (tertiary/aromatic N) is 2. The highest BCUT2D eigenvalue weighted by atomic mass is 32.1. The van der Waals surface area contributed by atoms with E-state index in [-0.39, 0.29) is 24.3 Å². The van der Waals surface area contributed by atoms with Crippen molar-refractivity contribution in [1.29, 1.82) is 0 Å². The normalized spacial score (nSPS) is 19.9. The number of thiazole rings is 1. The molecule has 1 aromatic heterocycles. The number of carbonyl (C=O) groups excluding carboxylic acids is 1. The van der Waals surface area contributed by atoms with Crippen molar-refractivity contribution in [2.45, 2.75) is 38.7 Å². The Kier molecular flexibility index (Phi) is 5.95. The number of nitro groups is 1. The molecule has 0 bridgehead atoms. The largest absolute Gasteiger partial charge is 0.368 e. The Morgan fingerprint density at radius 2 is 2.23 bits per heavy atom. The lowest BCUT2D eigenvalue weighted by atomic mass is 9.88. The van der Waals surface area contributed by atoms with Gasteiger partial charge in [-0.15, -0.1) is 11.3 Å². The van der Waals surface area contributed by atoms with Crippen LogP contribution in [0.1, 0.15) is 32.6 Å². The van der Waals surface area contributed by atoms with Crippen LogP contribution in [0.25, 0.3) is 11.3 Å². The van der Waals surface area contributed by atoms with Crippen LogP contribution in [-0.2, 0) is 9.53 Å². The molecule has 1 aliphatic rings. The van der Waals surface area contributed by atoms with E-state index in [1.165, 1.54) is 29.9 Å². The van der Waals surface area contributed by atoms with E-state index >= 15 is 0 Å². The van der Waals surface area contributed by atoms with Crippen LogP contribution >= 0.6 is 11.3 Å². The third kappa shape index (κ3) is 4.64. The van der Waals surface area contributed by atoms with Crippen LogP contribution in [0.15, 0.2) is 29.6 Å². The van der Waals surface area contributed by atoms with E-state index in [9.17, 15) is 14.9 Å². The lowest BCUT2D eigenvalue weighted by molar-refractivity contribution is -0.384. The number of rotatable bonds is 6. The molecule has 0 radical (unpaired) electrons. The summed E-state index contributed by atoms with van der Waals surface area (Å²) in [6, 6.07) is 6.27. The molecule has 2 unspecified atom stereocenters. The topological polar surface area (TPSA) is 94.4 Å². The van der Waals surface area contributed by atoms with E-state index in [0.29, 0.717) is 22.3 Å². The number of non-ortho nitro benzene ring substituents is 1. The van der Waals surface area contributed by atoms with Gasteiger partial charge in [-0.2, -0.15) is 0 Å². The van der Waals surface area contributed by atoms with Gasteiger partial charge in [-0.3, -0.25) is 20.2 Å². The molecular formula is C18H21N3O4S. The molecule has 2 aromatic rings. The molecule has 1 aromatic carbocycles. The summed E-state index contributed by atoms with van der Waals surface area (Å²) in [5.74, 6) is 0.250. The van der Waals surface area contributed by atoms with Gasteiger partial charge >= 0.3 is 0 Å². The van der Waals surface area contributed by atoms with E-state index in [2.05, 4.69) is 17.2 Å². The number of benzene rings is 1. The maximum absolute atomic E-state index is 12.1. The minimum Gasteiger partial charge on any atom is -0.368 e. The van der Waals surface area contributed by atoms with E-state index in [4.69, 9.17) is 4.74 Å². The Bertz CT molecular complexity index is 792. The Balaban J connectivity index is 1.57. The molecule has 8 heteroatoms. The maximum atomic E-state index is 12.1. The smallest absolute Gasteiger partial charge is 0.270 e. The van der Waals surface area contributed by atoms with E-state index in [1.54, 1.807) is 17.5 Å². The SMILES string of the molecule is CC1CCCCC1OCC(=O)Nc1nc(-c2cccc([N+](=O)[O-])c2)cs1. The molecule has 3 rings (SSSR count). The fourth-order valence-electron chi connectivity index (χ4n) is 3.11. The van der Waals surface area contributed by atoms with Crippen molar-refractivity contribution in [1.82, 2.24) is 4.98 Å². The van der Waals surface area contributed by atoms with Crippen LogP contribution in [-0.4, -0.2) is 28.5 Å². The van der Waals surface area contributed by atoms with Crippen molar-refractivity contribution in [2.24, 2.45) is 5.92 Å². The summed E-state index contributed by atoms with van der Waals surface area (Å²) in [5, 5.41) is 15.8. The minimum absolute atomic E-state index is 0.0103. The van der Waals surface area contributed by atoms with Gasteiger partial charge in [0.1, 0.15) is 6.61 Å². The van der Waals surface area contributed by atoms with Gasteiger partial charge in [0.05, 0.1) is 16.7 Å². The second-order valence-corrected chi connectivity index (χ2v) is 7.36. The molecule has 1 fully saturated rings. The summed E-state index contributed by atoms with van der Waals surface area (Å²) in [4.78, 5) is 26.9. The van der Waals surface area contributed by atoms with Crippen molar-refractivity contribution in [3.8, 4) is 11.3 Å². The molecule has 26 heavy (non-hydrogen) atoms. The molecule has 1 heterocycles. The summed E-state index contributed by atoms with van der Waals surface area (Å²) >= 11 is 1.28. The van der Waals surface area contributed by atoms with Crippen molar-refractivity contribution in [3.05, 3.63) is 39.8 Å². The number of ether oxygens (including phenoxy) is 1. The summed E-state index contributed by atoms with van der Waals surface area (Å²) in [6.45, 7) is 2.18. The molecule has 1 saturated carbocycles. The quantitative estimate of drug-likeness (QED) is 0.601. The van der Waals surface area contributed by atoms with Crippen LogP contribution in [0.2, 0.25) is 0 Å². The fourth-order valence-corrected chi connectivity index (χ4v) is 3.85. The van der Waals surface area contributed by atoms with Gasteiger partial charge in [0, 0.05) is 23.1 Å². The van der Waals surface area contributed by atoms with Gasteiger partial charge in [-0.1, -0.05) is 31.9 Å². The van der Waals surface area contributed by atoms with Gasteiger partial charge in [0.25, 0.3) is 11.6 Å². The first-order valence-electron chi connectivity index (χ1n) is 8.65. The molecule has 2 atom stereocenters. The number of hydrogen-bond donors (Lipinski definition) is 1. The molecule has 0 saturated heterocycles. The zero-order valence-electron chi connectivity index (χ0n) is 14.5. The molecule has 1 N–H and O–H groups in total. The van der Waals surface area contributed by atoms with Crippen molar-refractivity contribution in [3.63, 3.8) is 0 Å². The number of aromatic nitrogens is 1. The molecule has 1 aliphatic carbocycles. The summed E-state index contributed by atoms with van der Waals surface area (Å²) in [6.07, 6.45) is 4.67. The first-order valence-corrected chi connectivity index (χ1v) is 9.52. The van der Waals surface area contributed by atoms with Crippen molar-refractivity contribution < 1.29 is 14.5 Å². The number of nitro benzene ring substituents is 1. The van der Waals surface area contributed by atoms with E-state index in [1.807, 2.05) is 0 Å². The van der Waals surface area contributed by atoms with E-state index in [0.717, 1.165) is 19.3 Å². The summed E-state index contributed by atoms with van der Waals surface area (Å²) in [5.41, 5.74) is 1.25. The lowest BCUT2D eigenvalue weighted by Gasteiger charge is -2.28. The minimum atomic E-state index is -0.442. The second-order valence-electron chi connectivity index (χ2n) is 6.50. The Hall–Kier alpha value is -2.32. The van der Waals surface area contributed by atoms with Crippen molar-refractivity contribution >= 4 is 28.1 Å². The Morgan fingerprint density at radius 3 is 3.00 bits per heavy atom. The van der Waals surface area contributed by atoms with Gasteiger partial charge in [-0.25, -0.2) is 4.98 Å². The van der Waals surface area contributed by atoms with Crippen LogP contribution in [0, 0.1) is 16.0 Å². The number of carbonyl (C=O) groups is 1.